The van der Waals surface area contributed by atoms with Gasteiger partial charge in [0.25, 0.3) is 0 Å². The second-order valence-electron chi connectivity index (χ2n) is 3.01. The summed E-state index contributed by atoms with van der Waals surface area (Å²) in [5.74, 6) is -1.06. The second kappa shape index (κ2) is 8.19. The van der Waals surface area contributed by atoms with Crippen molar-refractivity contribution in [3.63, 3.8) is 0 Å². The highest BCUT2D eigenvalue weighted by atomic mass is 16.5. The van der Waals surface area contributed by atoms with E-state index >= 15 is 0 Å². The van der Waals surface area contributed by atoms with Gasteiger partial charge in [-0.05, 0) is 19.9 Å². The number of aliphatic hydroxyl groups excluding tert-OH is 1. The molecule has 0 aliphatic rings. The van der Waals surface area contributed by atoms with Crippen molar-refractivity contribution in [3.8, 4) is 0 Å². The molecule has 0 aliphatic carbocycles. The summed E-state index contributed by atoms with van der Waals surface area (Å²) in [5, 5.41) is 11.4. The molecule has 0 aromatic rings. The smallest absolute Gasteiger partial charge is 0.323 e. The number of hydrogen-bond acceptors (Lipinski definition) is 5. The second-order valence-corrected chi connectivity index (χ2v) is 3.01. The van der Waals surface area contributed by atoms with Gasteiger partial charge >= 0.3 is 5.97 Å². The average Bonchev–Trinajstić information content (AvgIpc) is 2.16. The number of rotatable bonds is 8. The molecule has 6 nitrogen and oxygen atoms in total. The van der Waals surface area contributed by atoms with Crippen LogP contribution < -0.4 is 11.1 Å². The Kier molecular flexibility index (Phi) is 7.57. The zero-order chi connectivity index (χ0) is 11.7. The molecule has 0 aliphatic heterocycles. The topological polar surface area (TPSA) is 102 Å². The fourth-order valence-electron chi connectivity index (χ4n) is 1.04. The molecular formula is C9H18N2O4. The van der Waals surface area contributed by atoms with E-state index in [1.165, 1.54) is 0 Å². The van der Waals surface area contributed by atoms with Gasteiger partial charge in [-0.1, -0.05) is 0 Å². The van der Waals surface area contributed by atoms with Gasteiger partial charge in [-0.25, -0.2) is 0 Å². The predicted molar refractivity (Wildman–Crippen MR) is 53.9 cm³/mol. The third kappa shape index (κ3) is 6.87. The van der Waals surface area contributed by atoms with Gasteiger partial charge in [-0.2, -0.15) is 0 Å². The number of carbonyl (C=O) groups excluding carboxylic acids is 2. The first-order valence-corrected chi connectivity index (χ1v) is 4.91. The van der Waals surface area contributed by atoms with Crippen LogP contribution >= 0.6 is 0 Å². The molecule has 1 atom stereocenters. The van der Waals surface area contributed by atoms with Gasteiger partial charge in [-0.15, -0.1) is 0 Å². The summed E-state index contributed by atoms with van der Waals surface area (Å²) in [7, 11) is 0. The number of ether oxygens (including phenoxy) is 1. The highest BCUT2D eigenvalue weighted by Gasteiger charge is 2.20. The molecular weight excluding hydrogens is 200 g/mol. The van der Waals surface area contributed by atoms with Crippen molar-refractivity contribution < 1.29 is 19.4 Å². The van der Waals surface area contributed by atoms with Gasteiger partial charge in [0.1, 0.15) is 6.04 Å². The van der Waals surface area contributed by atoms with Crippen LogP contribution in [0.2, 0.25) is 0 Å². The first kappa shape index (κ1) is 13.9. The lowest BCUT2D eigenvalue weighted by Crippen LogP contribution is -2.41. The lowest BCUT2D eigenvalue weighted by Gasteiger charge is -2.15. The summed E-state index contributed by atoms with van der Waals surface area (Å²) < 4.78 is 4.76. The standard InChI is InChI=1S/C9H18N2O4/c1-2-15-9(14)7(6-8(10)13)11-4-3-5-12/h7,11-12H,2-6H2,1H3,(H2,10,13)/t7-/m0/s1. The minimum Gasteiger partial charge on any atom is -0.465 e. The lowest BCUT2D eigenvalue weighted by molar-refractivity contribution is -0.147. The van der Waals surface area contributed by atoms with Crippen molar-refractivity contribution in [2.75, 3.05) is 19.8 Å². The van der Waals surface area contributed by atoms with E-state index in [0.717, 1.165) is 0 Å². The van der Waals surface area contributed by atoms with Crippen LogP contribution in [-0.2, 0) is 14.3 Å². The molecule has 0 saturated carbocycles. The van der Waals surface area contributed by atoms with E-state index in [-0.39, 0.29) is 19.6 Å². The van der Waals surface area contributed by atoms with Crippen molar-refractivity contribution >= 4 is 11.9 Å². The summed E-state index contributed by atoms with van der Waals surface area (Å²) in [6.45, 7) is 2.41. The van der Waals surface area contributed by atoms with Crippen LogP contribution in [-0.4, -0.2) is 42.8 Å². The van der Waals surface area contributed by atoms with Crippen LogP contribution in [0.4, 0.5) is 0 Å². The normalized spacial score (nSPS) is 12.1. The number of hydrogen-bond donors (Lipinski definition) is 3. The van der Waals surface area contributed by atoms with Gasteiger partial charge in [0.05, 0.1) is 13.0 Å². The predicted octanol–water partition coefficient (Wildman–Crippen LogP) is -1.23. The first-order chi connectivity index (χ1) is 7.11. The van der Waals surface area contributed by atoms with Crippen molar-refractivity contribution in [2.24, 2.45) is 5.73 Å². The fraction of sp³-hybridized carbons (Fsp3) is 0.778. The SMILES string of the molecule is CCOC(=O)[C@H](CC(N)=O)NCCCO. The minimum atomic E-state index is -0.714. The van der Waals surface area contributed by atoms with E-state index in [4.69, 9.17) is 15.6 Å². The fourth-order valence-corrected chi connectivity index (χ4v) is 1.04. The minimum absolute atomic E-state index is 0.0269. The van der Waals surface area contributed by atoms with Crippen LogP contribution in [0.3, 0.4) is 0 Å². The third-order valence-corrected chi connectivity index (χ3v) is 1.70. The van der Waals surface area contributed by atoms with Crippen LogP contribution in [0, 0.1) is 0 Å². The zero-order valence-corrected chi connectivity index (χ0v) is 8.86. The zero-order valence-electron chi connectivity index (χ0n) is 8.86. The quantitative estimate of drug-likeness (QED) is 0.349. The Bertz CT molecular complexity index is 208. The number of nitrogens with one attached hydrogen (secondary N) is 1. The maximum Gasteiger partial charge on any atom is 0.323 e. The maximum absolute atomic E-state index is 11.3. The van der Waals surface area contributed by atoms with E-state index in [1.54, 1.807) is 6.92 Å². The van der Waals surface area contributed by atoms with Gasteiger partial charge in [0.2, 0.25) is 5.91 Å². The monoisotopic (exact) mass is 218 g/mol. The summed E-state index contributed by atoms with van der Waals surface area (Å²) >= 11 is 0. The van der Waals surface area contributed by atoms with Crippen molar-refractivity contribution in [1.82, 2.24) is 5.32 Å². The number of nitrogens with two attached hydrogens (primary N) is 1. The first-order valence-electron chi connectivity index (χ1n) is 4.91. The van der Waals surface area contributed by atoms with E-state index in [2.05, 4.69) is 5.32 Å². The van der Waals surface area contributed by atoms with E-state index in [9.17, 15) is 9.59 Å². The van der Waals surface area contributed by atoms with Gasteiger partial charge < -0.3 is 20.9 Å². The van der Waals surface area contributed by atoms with Crippen LogP contribution in [0.15, 0.2) is 0 Å². The van der Waals surface area contributed by atoms with Crippen molar-refractivity contribution in [3.05, 3.63) is 0 Å². The Morgan fingerprint density at radius 2 is 2.20 bits per heavy atom. The Morgan fingerprint density at radius 1 is 1.53 bits per heavy atom. The van der Waals surface area contributed by atoms with E-state index < -0.39 is 17.9 Å². The number of esters is 1. The molecule has 0 rings (SSSR count). The van der Waals surface area contributed by atoms with Gasteiger partial charge in [0, 0.05) is 6.61 Å². The Balaban J connectivity index is 4.05. The molecule has 0 aromatic carbocycles. The Labute approximate surface area is 88.8 Å². The third-order valence-electron chi connectivity index (χ3n) is 1.70. The molecule has 0 bridgehead atoms. The van der Waals surface area contributed by atoms with Crippen molar-refractivity contribution in [1.29, 1.82) is 0 Å². The summed E-state index contributed by atoms with van der Waals surface area (Å²) in [5.41, 5.74) is 5.00. The highest BCUT2D eigenvalue weighted by molar-refractivity contribution is 5.84. The summed E-state index contributed by atoms with van der Waals surface area (Å²) in [6.07, 6.45) is 0.416. The van der Waals surface area contributed by atoms with E-state index in [1.807, 2.05) is 0 Å². The summed E-state index contributed by atoms with van der Waals surface area (Å²) in [6, 6.07) is -0.714. The van der Waals surface area contributed by atoms with Gasteiger partial charge in [-0.3, -0.25) is 9.59 Å². The summed E-state index contributed by atoms with van der Waals surface area (Å²) in [4.78, 5) is 22.0. The number of amides is 1. The average molecular weight is 218 g/mol. The molecule has 0 fully saturated rings. The molecule has 0 unspecified atom stereocenters. The highest BCUT2D eigenvalue weighted by Crippen LogP contribution is 1.95. The maximum atomic E-state index is 11.3. The molecule has 0 radical (unpaired) electrons. The Morgan fingerprint density at radius 3 is 2.67 bits per heavy atom. The number of carbonyl (C=O) groups is 2. The molecule has 0 heterocycles. The largest absolute Gasteiger partial charge is 0.465 e. The molecule has 1 amide bonds. The molecule has 4 N–H and O–H groups in total. The molecule has 0 spiro atoms. The molecule has 15 heavy (non-hydrogen) atoms. The van der Waals surface area contributed by atoms with Crippen molar-refractivity contribution in [2.45, 2.75) is 25.8 Å². The molecule has 0 aromatic heterocycles. The number of primary amides is 1. The molecule has 6 heteroatoms. The Hall–Kier alpha value is -1.14. The van der Waals surface area contributed by atoms with Gasteiger partial charge in [0.15, 0.2) is 0 Å². The van der Waals surface area contributed by atoms with Crippen LogP contribution in [0.1, 0.15) is 19.8 Å². The molecule has 0 saturated heterocycles. The number of aliphatic hydroxyl groups is 1. The molecule has 88 valence electrons. The van der Waals surface area contributed by atoms with Crippen LogP contribution in [0.5, 0.6) is 0 Å². The van der Waals surface area contributed by atoms with Crippen LogP contribution in [0.25, 0.3) is 0 Å². The lowest BCUT2D eigenvalue weighted by atomic mass is 10.2. The van der Waals surface area contributed by atoms with E-state index in [0.29, 0.717) is 13.0 Å².